The number of nitrogens with one attached hydrogen (secondary N) is 1. The summed E-state index contributed by atoms with van der Waals surface area (Å²) in [5, 5.41) is 6.42. The quantitative estimate of drug-likeness (QED) is 0.692. The van der Waals surface area contributed by atoms with Crippen LogP contribution in [0.4, 0.5) is 0 Å². The number of benzene rings is 1. The third-order valence-electron chi connectivity index (χ3n) is 3.51. The molecule has 1 unspecified atom stereocenters. The highest BCUT2D eigenvalue weighted by Gasteiger charge is 2.12. The average molecular weight is 324 g/mol. The topological polar surface area (TPSA) is 21.3 Å². The molecule has 1 heterocycles. The summed E-state index contributed by atoms with van der Waals surface area (Å²) in [6.07, 6.45) is 2.24. The lowest BCUT2D eigenvalue weighted by molar-refractivity contribution is 0.199. The SMILES string of the molecule is COCCNCC(CCc1cccs1)c1cccc(Cl)c1. The fraction of sp³-hybridized carbons (Fsp3) is 0.412. The predicted molar refractivity (Wildman–Crippen MR) is 91.6 cm³/mol. The number of rotatable bonds is 9. The first-order valence-electron chi connectivity index (χ1n) is 7.27. The molecule has 1 aromatic heterocycles. The highest BCUT2D eigenvalue weighted by Crippen LogP contribution is 2.25. The second-order valence-electron chi connectivity index (χ2n) is 5.07. The zero-order chi connectivity index (χ0) is 14.9. The fourth-order valence-corrected chi connectivity index (χ4v) is 3.29. The Morgan fingerprint density at radius 1 is 1.29 bits per heavy atom. The lowest BCUT2D eigenvalue weighted by atomic mass is 9.94. The molecule has 2 aromatic rings. The monoisotopic (exact) mass is 323 g/mol. The molecule has 0 amide bonds. The summed E-state index contributed by atoms with van der Waals surface area (Å²) in [6, 6.07) is 12.5. The number of methoxy groups -OCH3 is 1. The number of halogens is 1. The van der Waals surface area contributed by atoms with E-state index in [1.807, 2.05) is 23.5 Å². The van der Waals surface area contributed by atoms with E-state index in [0.29, 0.717) is 5.92 Å². The molecule has 4 heteroatoms. The van der Waals surface area contributed by atoms with Gasteiger partial charge in [0.05, 0.1) is 6.61 Å². The zero-order valence-corrected chi connectivity index (χ0v) is 13.9. The van der Waals surface area contributed by atoms with Crippen LogP contribution in [0, 0.1) is 0 Å². The van der Waals surface area contributed by atoms with E-state index >= 15 is 0 Å². The lowest BCUT2D eigenvalue weighted by Gasteiger charge is -2.18. The molecule has 1 N–H and O–H groups in total. The normalized spacial score (nSPS) is 12.5. The van der Waals surface area contributed by atoms with Crippen molar-refractivity contribution in [2.45, 2.75) is 18.8 Å². The van der Waals surface area contributed by atoms with Gasteiger partial charge in [0.1, 0.15) is 0 Å². The smallest absolute Gasteiger partial charge is 0.0587 e. The van der Waals surface area contributed by atoms with E-state index in [0.717, 1.165) is 37.6 Å². The second-order valence-corrected chi connectivity index (χ2v) is 6.54. The van der Waals surface area contributed by atoms with Crippen molar-refractivity contribution in [3.05, 3.63) is 57.2 Å². The van der Waals surface area contributed by atoms with Crippen molar-refractivity contribution in [3.63, 3.8) is 0 Å². The van der Waals surface area contributed by atoms with Crippen LogP contribution in [0.2, 0.25) is 5.02 Å². The molecule has 0 fully saturated rings. The van der Waals surface area contributed by atoms with Crippen molar-refractivity contribution in [1.82, 2.24) is 5.32 Å². The van der Waals surface area contributed by atoms with Crippen molar-refractivity contribution in [2.24, 2.45) is 0 Å². The number of thiophene rings is 1. The maximum absolute atomic E-state index is 6.13. The van der Waals surface area contributed by atoms with Crippen molar-refractivity contribution in [2.75, 3.05) is 26.8 Å². The van der Waals surface area contributed by atoms with Gasteiger partial charge in [0.25, 0.3) is 0 Å². The van der Waals surface area contributed by atoms with Crippen LogP contribution in [0.15, 0.2) is 41.8 Å². The molecule has 2 rings (SSSR count). The van der Waals surface area contributed by atoms with Gasteiger partial charge in [-0.25, -0.2) is 0 Å². The molecule has 0 aliphatic rings. The highest BCUT2D eigenvalue weighted by molar-refractivity contribution is 7.09. The summed E-state index contributed by atoms with van der Waals surface area (Å²) >= 11 is 7.96. The van der Waals surface area contributed by atoms with E-state index in [1.165, 1.54) is 10.4 Å². The Kier molecular flexibility index (Phi) is 7.24. The van der Waals surface area contributed by atoms with Gasteiger partial charge in [-0.05, 0) is 47.9 Å². The van der Waals surface area contributed by atoms with Crippen LogP contribution in [0.3, 0.4) is 0 Å². The van der Waals surface area contributed by atoms with E-state index in [9.17, 15) is 0 Å². The van der Waals surface area contributed by atoms with Gasteiger partial charge in [-0.1, -0.05) is 29.8 Å². The largest absolute Gasteiger partial charge is 0.383 e. The van der Waals surface area contributed by atoms with Gasteiger partial charge in [-0.2, -0.15) is 0 Å². The summed E-state index contributed by atoms with van der Waals surface area (Å²) in [4.78, 5) is 1.44. The van der Waals surface area contributed by atoms with Gasteiger partial charge < -0.3 is 10.1 Å². The molecule has 0 aliphatic heterocycles. The lowest BCUT2D eigenvalue weighted by Crippen LogP contribution is -2.25. The van der Waals surface area contributed by atoms with Gasteiger partial charge in [0.15, 0.2) is 0 Å². The van der Waals surface area contributed by atoms with Crippen LogP contribution in [-0.4, -0.2) is 26.8 Å². The summed E-state index contributed by atoms with van der Waals surface area (Å²) in [7, 11) is 1.73. The number of hydrogen-bond donors (Lipinski definition) is 1. The van der Waals surface area contributed by atoms with Gasteiger partial charge in [-0.3, -0.25) is 0 Å². The molecule has 1 aromatic carbocycles. The van der Waals surface area contributed by atoms with Crippen molar-refractivity contribution >= 4 is 22.9 Å². The van der Waals surface area contributed by atoms with Crippen LogP contribution in [0.25, 0.3) is 0 Å². The van der Waals surface area contributed by atoms with Crippen LogP contribution in [0.1, 0.15) is 22.8 Å². The minimum Gasteiger partial charge on any atom is -0.383 e. The minimum absolute atomic E-state index is 0.475. The number of aryl methyl sites for hydroxylation is 1. The molecule has 0 aliphatic carbocycles. The van der Waals surface area contributed by atoms with E-state index in [2.05, 4.69) is 35.0 Å². The Morgan fingerprint density at radius 3 is 2.90 bits per heavy atom. The first kappa shape index (κ1) is 16.5. The van der Waals surface area contributed by atoms with E-state index in [4.69, 9.17) is 16.3 Å². The Balaban J connectivity index is 1.95. The second kappa shape index (κ2) is 9.21. The third-order valence-corrected chi connectivity index (χ3v) is 4.68. The van der Waals surface area contributed by atoms with Crippen LogP contribution in [0.5, 0.6) is 0 Å². The van der Waals surface area contributed by atoms with Gasteiger partial charge in [0.2, 0.25) is 0 Å². The summed E-state index contributed by atoms with van der Waals surface area (Å²) in [5.74, 6) is 0.475. The van der Waals surface area contributed by atoms with Gasteiger partial charge >= 0.3 is 0 Å². The number of ether oxygens (including phenoxy) is 1. The predicted octanol–water partition coefficient (Wildman–Crippen LogP) is 4.35. The number of hydrogen-bond acceptors (Lipinski definition) is 3. The maximum atomic E-state index is 6.13. The molecule has 21 heavy (non-hydrogen) atoms. The van der Waals surface area contributed by atoms with Crippen LogP contribution >= 0.6 is 22.9 Å². The zero-order valence-electron chi connectivity index (χ0n) is 12.3. The van der Waals surface area contributed by atoms with Crippen molar-refractivity contribution in [3.8, 4) is 0 Å². The summed E-state index contributed by atoms with van der Waals surface area (Å²) in [6.45, 7) is 2.58. The van der Waals surface area contributed by atoms with Crippen LogP contribution < -0.4 is 5.32 Å². The van der Waals surface area contributed by atoms with Crippen LogP contribution in [-0.2, 0) is 11.2 Å². The average Bonchev–Trinajstić information content (AvgIpc) is 3.00. The van der Waals surface area contributed by atoms with Crippen molar-refractivity contribution in [1.29, 1.82) is 0 Å². The molecule has 114 valence electrons. The Labute approximate surface area is 136 Å². The molecule has 0 saturated carbocycles. The molecule has 0 bridgehead atoms. The standard InChI is InChI=1S/C17H22ClNOS/c1-20-10-9-19-13-15(7-8-17-6-3-11-21-17)14-4-2-5-16(18)12-14/h2-6,11-12,15,19H,7-10,13H2,1H3. The summed E-state index contributed by atoms with van der Waals surface area (Å²) < 4.78 is 5.09. The third kappa shape index (κ3) is 5.79. The molecule has 0 spiro atoms. The molecule has 0 radical (unpaired) electrons. The molecular formula is C17H22ClNOS. The molecule has 1 atom stereocenters. The minimum atomic E-state index is 0.475. The maximum Gasteiger partial charge on any atom is 0.0587 e. The Morgan fingerprint density at radius 2 is 2.19 bits per heavy atom. The van der Waals surface area contributed by atoms with Crippen molar-refractivity contribution < 1.29 is 4.74 Å². The van der Waals surface area contributed by atoms with E-state index < -0.39 is 0 Å². The Hall–Kier alpha value is -0.870. The Bertz CT molecular complexity index is 515. The first-order chi connectivity index (χ1) is 10.3. The van der Waals surface area contributed by atoms with Gasteiger partial charge in [-0.15, -0.1) is 11.3 Å². The van der Waals surface area contributed by atoms with Gasteiger partial charge in [0, 0.05) is 30.1 Å². The van der Waals surface area contributed by atoms with E-state index in [1.54, 1.807) is 7.11 Å². The fourth-order valence-electron chi connectivity index (χ4n) is 2.37. The molecule has 0 saturated heterocycles. The molecular weight excluding hydrogens is 302 g/mol. The van der Waals surface area contributed by atoms with E-state index in [-0.39, 0.29) is 0 Å². The summed E-state index contributed by atoms with van der Waals surface area (Å²) in [5.41, 5.74) is 1.31. The first-order valence-corrected chi connectivity index (χ1v) is 8.53. The highest BCUT2D eigenvalue weighted by atomic mass is 35.5. The molecule has 2 nitrogen and oxygen atoms in total.